The van der Waals surface area contributed by atoms with E-state index in [2.05, 4.69) is 33.0 Å². The van der Waals surface area contributed by atoms with Crippen molar-refractivity contribution in [2.24, 2.45) is 0 Å². The molecule has 0 saturated heterocycles. The average Bonchev–Trinajstić information content (AvgIpc) is 2.72. The summed E-state index contributed by atoms with van der Waals surface area (Å²) >= 11 is 0. The van der Waals surface area contributed by atoms with E-state index >= 15 is 0 Å². The summed E-state index contributed by atoms with van der Waals surface area (Å²) in [6.45, 7) is 8.44. The molecular formula is C15H20FNO. The summed E-state index contributed by atoms with van der Waals surface area (Å²) in [5, 5.41) is 4.27. The van der Waals surface area contributed by atoms with Crippen LogP contribution in [0.4, 0.5) is 4.39 Å². The van der Waals surface area contributed by atoms with Crippen LogP contribution in [0.25, 0.3) is 11.0 Å². The van der Waals surface area contributed by atoms with Gasteiger partial charge in [-0.15, -0.1) is 0 Å². The maximum atomic E-state index is 13.6. The maximum absolute atomic E-state index is 13.6. The molecule has 0 radical (unpaired) electrons. The topological polar surface area (TPSA) is 25.2 Å². The molecule has 18 heavy (non-hydrogen) atoms. The van der Waals surface area contributed by atoms with Gasteiger partial charge in [-0.2, -0.15) is 0 Å². The van der Waals surface area contributed by atoms with E-state index in [1.807, 2.05) is 12.1 Å². The van der Waals surface area contributed by atoms with Crippen molar-refractivity contribution >= 4 is 11.0 Å². The molecule has 0 spiro atoms. The number of halogens is 1. The predicted molar refractivity (Wildman–Crippen MR) is 72.3 cm³/mol. The van der Waals surface area contributed by atoms with Gasteiger partial charge in [-0.1, -0.05) is 32.9 Å². The Labute approximate surface area is 107 Å². The number of fused-ring (bicyclic) bond motifs is 1. The van der Waals surface area contributed by atoms with Gasteiger partial charge < -0.3 is 9.73 Å². The summed E-state index contributed by atoms with van der Waals surface area (Å²) in [5.41, 5.74) is 0.357. The van der Waals surface area contributed by atoms with Crippen molar-refractivity contribution in [2.75, 3.05) is 0 Å². The Bertz CT molecular complexity index is 532. The van der Waals surface area contributed by atoms with Gasteiger partial charge in [-0.3, -0.25) is 0 Å². The number of nitrogens with one attached hydrogen (secondary N) is 1. The molecule has 0 aliphatic rings. The van der Waals surface area contributed by atoms with E-state index < -0.39 is 0 Å². The first-order valence-corrected chi connectivity index (χ1v) is 6.43. The minimum atomic E-state index is -0.296. The molecule has 2 nitrogen and oxygen atoms in total. The normalized spacial score (nSPS) is 15.2. The Morgan fingerprint density at radius 3 is 2.50 bits per heavy atom. The molecule has 1 aromatic heterocycles. The van der Waals surface area contributed by atoms with Gasteiger partial charge in [0.05, 0.1) is 0 Å². The summed E-state index contributed by atoms with van der Waals surface area (Å²) in [6.07, 6.45) is 0. The third-order valence-electron chi connectivity index (χ3n) is 3.31. The molecule has 2 atom stereocenters. The lowest BCUT2D eigenvalue weighted by Gasteiger charge is -2.21. The zero-order chi connectivity index (χ0) is 13.3. The second-order valence-electron chi connectivity index (χ2n) is 5.21. The number of furan rings is 1. The molecule has 2 rings (SSSR count). The molecule has 2 unspecified atom stereocenters. The third kappa shape index (κ3) is 2.56. The van der Waals surface area contributed by atoms with E-state index in [0.29, 0.717) is 11.6 Å². The van der Waals surface area contributed by atoms with Crippen LogP contribution >= 0.6 is 0 Å². The van der Waals surface area contributed by atoms with Gasteiger partial charge >= 0.3 is 0 Å². The zero-order valence-electron chi connectivity index (χ0n) is 11.3. The average molecular weight is 249 g/mol. The molecule has 0 aliphatic carbocycles. The molecule has 2 aromatic rings. The van der Waals surface area contributed by atoms with Crippen LogP contribution in [0.3, 0.4) is 0 Å². The Hall–Kier alpha value is -1.35. The van der Waals surface area contributed by atoms with E-state index in [4.69, 9.17) is 4.42 Å². The van der Waals surface area contributed by atoms with Gasteiger partial charge in [-0.05, 0) is 19.1 Å². The van der Waals surface area contributed by atoms with E-state index in [1.54, 1.807) is 6.07 Å². The Balaban J connectivity index is 2.28. The monoisotopic (exact) mass is 249 g/mol. The van der Waals surface area contributed by atoms with Crippen LogP contribution in [0.2, 0.25) is 0 Å². The highest BCUT2D eigenvalue weighted by atomic mass is 19.1. The van der Waals surface area contributed by atoms with Crippen molar-refractivity contribution in [2.45, 2.75) is 45.7 Å². The quantitative estimate of drug-likeness (QED) is 0.883. The first-order valence-electron chi connectivity index (χ1n) is 6.43. The van der Waals surface area contributed by atoms with Crippen LogP contribution in [-0.4, -0.2) is 12.1 Å². The minimum Gasteiger partial charge on any atom is -0.458 e. The summed E-state index contributed by atoms with van der Waals surface area (Å²) < 4.78 is 19.2. The van der Waals surface area contributed by atoms with E-state index in [9.17, 15) is 4.39 Å². The fraction of sp³-hybridized carbons (Fsp3) is 0.467. The molecule has 3 heteroatoms. The van der Waals surface area contributed by atoms with Gasteiger partial charge in [0, 0.05) is 23.4 Å². The number of hydrogen-bond acceptors (Lipinski definition) is 2. The van der Waals surface area contributed by atoms with Crippen LogP contribution in [0.15, 0.2) is 28.7 Å². The smallest absolute Gasteiger partial charge is 0.169 e. The lowest BCUT2D eigenvalue weighted by Crippen LogP contribution is -2.35. The molecule has 1 N–H and O–H groups in total. The first-order chi connectivity index (χ1) is 8.49. The van der Waals surface area contributed by atoms with Gasteiger partial charge in [0.2, 0.25) is 0 Å². The van der Waals surface area contributed by atoms with E-state index in [0.717, 1.165) is 11.1 Å². The first kappa shape index (κ1) is 13.1. The highest BCUT2D eigenvalue weighted by Gasteiger charge is 2.19. The van der Waals surface area contributed by atoms with Gasteiger partial charge in [0.1, 0.15) is 5.76 Å². The van der Waals surface area contributed by atoms with E-state index in [-0.39, 0.29) is 17.8 Å². The van der Waals surface area contributed by atoms with Crippen LogP contribution in [-0.2, 0) is 0 Å². The number of hydrogen-bond donors (Lipinski definition) is 1. The van der Waals surface area contributed by atoms with Crippen molar-refractivity contribution in [1.29, 1.82) is 0 Å². The van der Waals surface area contributed by atoms with Gasteiger partial charge in [0.15, 0.2) is 11.4 Å². The summed E-state index contributed by atoms with van der Waals surface area (Å²) in [6, 6.07) is 7.64. The van der Waals surface area contributed by atoms with Crippen molar-refractivity contribution in [3.8, 4) is 0 Å². The van der Waals surface area contributed by atoms with Crippen LogP contribution in [0, 0.1) is 5.82 Å². The summed E-state index contributed by atoms with van der Waals surface area (Å²) in [7, 11) is 0. The molecule has 0 amide bonds. The van der Waals surface area contributed by atoms with Crippen molar-refractivity contribution < 1.29 is 8.81 Å². The molecule has 1 heterocycles. The molecule has 0 fully saturated rings. The Morgan fingerprint density at radius 2 is 1.89 bits per heavy atom. The standard InChI is InChI=1S/C15H20FNO/c1-9(2)17-11(4)10(3)14-8-12-6-5-7-13(16)15(12)18-14/h5-11,17H,1-4H3. The number of para-hydroxylation sites is 1. The fourth-order valence-electron chi connectivity index (χ4n) is 2.19. The molecular weight excluding hydrogens is 229 g/mol. The highest BCUT2D eigenvalue weighted by Crippen LogP contribution is 2.28. The van der Waals surface area contributed by atoms with Gasteiger partial charge in [-0.25, -0.2) is 4.39 Å². The highest BCUT2D eigenvalue weighted by molar-refractivity contribution is 5.78. The van der Waals surface area contributed by atoms with Crippen molar-refractivity contribution in [3.05, 3.63) is 35.8 Å². The van der Waals surface area contributed by atoms with Gasteiger partial charge in [0.25, 0.3) is 0 Å². The van der Waals surface area contributed by atoms with Crippen molar-refractivity contribution in [3.63, 3.8) is 0 Å². The second-order valence-corrected chi connectivity index (χ2v) is 5.21. The molecule has 0 aliphatic heterocycles. The maximum Gasteiger partial charge on any atom is 0.169 e. The molecule has 1 aromatic carbocycles. The SMILES string of the molecule is CC(C)NC(C)C(C)c1cc2cccc(F)c2o1. The summed E-state index contributed by atoms with van der Waals surface area (Å²) in [4.78, 5) is 0. The van der Waals surface area contributed by atoms with Crippen LogP contribution in [0.5, 0.6) is 0 Å². The molecule has 0 saturated carbocycles. The minimum absolute atomic E-state index is 0.208. The summed E-state index contributed by atoms with van der Waals surface area (Å²) in [5.74, 6) is 0.741. The lowest BCUT2D eigenvalue weighted by atomic mass is 10.00. The Morgan fingerprint density at radius 1 is 1.17 bits per heavy atom. The number of benzene rings is 1. The van der Waals surface area contributed by atoms with Crippen LogP contribution in [0.1, 0.15) is 39.4 Å². The predicted octanol–water partition coefficient (Wildman–Crippen LogP) is 4.06. The van der Waals surface area contributed by atoms with Crippen LogP contribution < -0.4 is 5.32 Å². The molecule has 0 bridgehead atoms. The molecule has 98 valence electrons. The Kier molecular flexibility index (Phi) is 3.71. The zero-order valence-corrected chi connectivity index (χ0v) is 11.3. The second kappa shape index (κ2) is 5.11. The largest absolute Gasteiger partial charge is 0.458 e. The van der Waals surface area contributed by atoms with Crippen molar-refractivity contribution in [1.82, 2.24) is 5.32 Å². The van der Waals surface area contributed by atoms with E-state index in [1.165, 1.54) is 6.07 Å². The third-order valence-corrected chi connectivity index (χ3v) is 3.31. The lowest BCUT2D eigenvalue weighted by molar-refractivity contribution is 0.390. The number of rotatable bonds is 4. The fourth-order valence-corrected chi connectivity index (χ4v) is 2.19.